The summed E-state index contributed by atoms with van der Waals surface area (Å²) >= 11 is 6.03. The Bertz CT molecular complexity index is 738. The molecule has 1 aromatic rings. The van der Waals surface area contributed by atoms with Gasteiger partial charge < -0.3 is 20.1 Å². The lowest BCUT2D eigenvalue weighted by Crippen LogP contribution is -2.18. The van der Waals surface area contributed by atoms with E-state index in [1.807, 2.05) is 0 Å². The molecule has 1 aliphatic heterocycles. The average Bonchev–Trinajstić information content (AvgIpc) is 2.51. The molecule has 2 atom stereocenters. The van der Waals surface area contributed by atoms with Crippen molar-refractivity contribution in [3.8, 4) is 11.5 Å². The first kappa shape index (κ1) is 19.0. The number of cyclic esters (lactones) is 1. The highest BCUT2D eigenvalue weighted by Gasteiger charge is 2.25. The molecule has 0 aromatic heterocycles. The highest BCUT2D eigenvalue weighted by molar-refractivity contribution is 6.33. The zero-order valence-corrected chi connectivity index (χ0v) is 14.4. The lowest BCUT2D eigenvalue weighted by Gasteiger charge is -2.16. The molecule has 0 aliphatic carbocycles. The van der Waals surface area contributed by atoms with E-state index in [1.165, 1.54) is 12.2 Å². The van der Waals surface area contributed by atoms with Crippen molar-refractivity contribution < 1.29 is 29.6 Å². The number of phenols is 2. The Morgan fingerprint density at radius 3 is 2.60 bits per heavy atom. The van der Waals surface area contributed by atoms with E-state index in [4.69, 9.17) is 16.3 Å². The average molecular weight is 367 g/mol. The second kappa shape index (κ2) is 8.18. The van der Waals surface area contributed by atoms with Gasteiger partial charge in [0, 0.05) is 24.5 Å². The number of carbonyl (C=O) groups is 2. The van der Waals surface area contributed by atoms with Crippen LogP contribution in [0.4, 0.5) is 0 Å². The van der Waals surface area contributed by atoms with E-state index in [2.05, 4.69) is 0 Å². The van der Waals surface area contributed by atoms with Gasteiger partial charge in [-0.15, -0.1) is 0 Å². The molecular formula is C18H19ClO6. The van der Waals surface area contributed by atoms with Crippen molar-refractivity contribution in [1.29, 1.82) is 0 Å². The molecule has 0 saturated carbocycles. The number of hydrogen-bond donors (Lipinski definition) is 3. The second-order valence-electron chi connectivity index (χ2n) is 5.81. The molecule has 1 heterocycles. The van der Waals surface area contributed by atoms with Gasteiger partial charge in [-0.3, -0.25) is 4.79 Å². The van der Waals surface area contributed by atoms with E-state index in [1.54, 1.807) is 19.1 Å². The SMILES string of the molecule is C[C@@H]1C/C=C\[C@H](O)C/C=C\C(=O)Cc2c(Cl)c(O)cc(O)c2C(=O)O1. The first-order valence-corrected chi connectivity index (χ1v) is 8.15. The summed E-state index contributed by atoms with van der Waals surface area (Å²) in [5.74, 6) is -2.19. The molecular weight excluding hydrogens is 348 g/mol. The molecule has 134 valence electrons. The lowest BCUT2D eigenvalue weighted by atomic mass is 9.99. The fourth-order valence-corrected chi connectivity index (χ4v) is 2.66. The summed E-state index contributed by atoms with van der Waals surface area (Å²) in [4.78, 5) is 24.5. The van der Waals surface area contributed by atoms with E-state index < -0.39 is 35.5 Å². The van der Waals surface area contributed by atoms with Crippen molar-refractivity contribution >= 4 is 23.4 Å². The standard InChI is InChI=1S/C18H19ClO6/c1-10-4-2-5-11(20)6-3-7-12(21)8-13-16(18(24)25-10)14(22)9-15(23)17(13)19/h2-3,5,7,9-11,20,22-23H,4,6,8H2,1H3/b5-2-,7-3-/t10-,11+/m1/s1. The molecule has 6 nitrogen and oxygen atoms in total. The monoisotopic (exact) mass is 366 g/mol. The molecule has 1 aliphatic rings. The van der Waals surface area contributed by atoms with Crippen LogP contribution in [0.15, 0.2) is 30.4 Å². The van der Waals surface area contributed by atoms with Gasteiger partial charge in [0.1, 0.15) is 23.2 Å². The van der Waals surface area contributed by atoms with Gasteiger partial charge >= 0.3 is 5.97 Å². The number of ether oxygens (including phenoxy) is 1. The summed E-state index contributed by atoms with van der Waals surface area (Å²) in [5, 5.41) is 29.4. The van der Waals surface area contributed by atoms with Crippen molar-refractivity contribution in [2.45, 2.75) is 38.4 Å². The van der Waals surface area contributed by atoms with Crippen LogP contribution in [0, 0.1) is 0 Å². The summed E-state index contributed by atoms with van der Waals surface area (Å²) in [7, 11) is 0. The highest BCUT2D eigenvalue weighted by atomic mass is 35.5. The van der Waals surface area contributed by atoms with E-state index in [9.17, 15) is 24.9 Å². The summed E-state index contributed by atoms with van der Waals surface area (Å²) in [6, 6.07) is 0.937. The molecule has 0 unspecified atom stereocenters. The number of benzene rings is 1. The van der Waals surface area contributed by atoms with E-state index in [0.717, 1.165) is 6.07 Å². The third kappa shape index (κ3) is 4.84. The van der Waals surface area contributed by atoms with Crippen molar-refractivity contribution in [3.05, 3.63) is 46.5 Å². The van der Waals surface area contributed by atoms with Gasteiger partial charge in [0.05, 0.1) is 11.1 Å². The van der Waals surface area contributed by atoms with Gasteiger partial charge in [-0.05, 0) is 19.4 Å². The molecule has 0 bridgehead atoms. The number of hydrogen-bond acceptors (Lipinski definition) is 6. The van der Waals surface area contributed by atoms with Gasteiger partial charge in [0.15, 0.2) is 5.78 Å². The normalized spacial score (nSPS) is 24.8. The van der Waals surface area contributed by atoms with Gasteiger partial charge in [0.2, 0.25) is 0 Å². The number of phenolic OH excluding ortho intramolecular Hbond substituents is 2. The fraction of sp³-hybridized carbons (Fsp3) is 0.333. The molecule has 0 saturated heterocycles. The Balaban J connectivity index is 2.49. The van der Waals surface area contributed by atoms with Crippen LogP contribution < -0.4 is 0 Å². The third-order valence-electron chi connectivity index (χ3n) is 3.69. The number of carbonyl (C=O) groups excluding carboxylic acids is 2. The lowest BCUT2D eigenvalue weighted by molar-refractivity contribution is -0.114. The van der Waals surface area contributed by atoms with Crippen molar-refractivity contribution in [1.82, 2.24) is 0 Å². The topological polar surface area (TPSA) is 104 Å². The number of ketones is 1. The van der Waals surface area contributed by atoms with Crippen molar-refractivity contribution in [2.24, 2.45) is 0 Å². The largest absolute Gasteiger partial charge is 0.507 e. The molecule has 0 fully saturated rings. The third-order valence-corrected chi connectivity index (χ3v) is 4.11. The number of aromatic hydroxyl groups is 2. The maximum absolute atomic E-state index is 12.4. The fourth-order valence-electron chi connectivity index (χ4n) is 2.45. The van der Waals surface area contributed by atoms with E-state index >= 15 is 0 Å². The molecule has 3 N–H and O–H groups in total. The van der Waals surface area contributed by atoms with Gasteiger partial charge in [-0.1, -0.05) is 29.8 Å². The molecule has 1 aromatic carbocycles. The Hall–Kier alpha value is -2.31. The smallest absolute Gasteiger partial charge is 0.342 e. The quantitative estimate of drug-likeness (QED) is 0.481. The first-order valence-electron chi connectivity index (χ1n) is 7.78. The highest BCUT2D eigenvalue weighted by Crippen LogP contribution is 2.37. The number of aliphatic hydroxyl groups is 1. The van der Waals surface area contributed by atoms with Crippen molar-refractivity contribution in [3.63, 3.8) is 0 Å². The zero-order chi connectivity index (χ0) is 18.6. The molecule has 7 heteroatoms. The minimum atomic E-state index is -0.843. The summed E-state index contributed by atoms with van der Waals surface area (Å²) in [6.45, 7) is 1.66. The number of esters is 1. The number of aliphatic hydroxyl groups excluding tert-OH is 1. The van der Waals surface area contributed by atoms with Crippen LogP contribution in [0.3, 0.4) is 0 Å². The van der Waals surface area contributed by atoms with Crippen LogP contribution >= 0.6 is 11.6 Å². The Morgan fingerprint density at radius 2 is 1.88 bits per heavy atom. The Morgan fingerprint density at radius 1 is 1.16 bits per heavy atom. The maximum Gasteiger partial charge on any atom is 0.342 e. The molecule has 25 heavy (non-hydrogen) atoms. The van der Waals surface area contributed by atoms with Crippen LogP contribution in [-0.2, 0) is 16.0 Å². The molecule has 0 radical (unpaired) electrons. The molecule has 0 spiro atoms. The van der Waals surface area contributed by atoms with E-state index in [0.29, 0.717) is 6.42 Å². The molecule has 0 amide bonds. The van der Waals surface area contributed by atoms with Crippen LogP contribution in [-0.4, -0.2) is 39.3 Å². The maximum atomic E-state index is 12.4. The van der Waals surface area contributed by atoms with E-state index in [-0.39, 0.29) is 29.0 Å². The number of fused-ring (bicyclic) bond motifs is 1. The van der Waals surface area contributed by atoms with Gasteiger partial charge in [0.25, 0.3) is 0 Å². The number of rotatable bonds is 0. The van der Waals surface area contributed by atoms with Gasteiger partial charge in [-0.2, -0.15) is 0 Å². The van der Waals surface area contributed by atoms with Crippen LogP contribution in [0.25, 0.3) is 0 Å². The summed E-state index contributed by atoms with van der Waals surface area (Å²) in [5.41, 5.74) is -0.239. The van der Waals surface area contributed by atoms with Crippen LogP contribution in [0.5, 0.6) is 11.5 Å². The summed E-state index contributed by atoms with van der Waals surface area (Å²) < 4.78 is 5.27. The predicted molar refractivity (Wildman–Crippen MR) is 91.9 cm³/mol. The zero-order valence-electron chi connectivity index (χ0n) is 13.6. The van der Waals surface area contributed by atoms with Crippen molar-refractivity contribution in [2.75, 3.05) is 0 Å². The van der Waals surface area contributed by atoms with Crippen LogP contribution in [0.1, 0.15) is 35.7 Å². The predicted octanol–water partition coefficient (Wildman–Crippen LogP) is 2.68. The van der Waals surface area contributed by atoms with Crippen LogP contribution in [0.2, 0.25) is 5.02 Å². The Labute approximate surface area is 150 Å². The minimum absolute atomic E-state index is 0.000772. The summed E-state index contributed by atoms with van der Waals surface area (Å²) in [6.07, 6.45) is 5.06. The van der Waals surface area contributed by atoms with Gasteiger partial charge in [-0.25, -0.2) is 4.79 Å². The number of allylic oxidation sites excluding steroid dienone is 1. The number of halogens is 1. The first-order chi connectivity index (χ1) is 11.8. The Kier molecular flexibility index (Phi) is 6.22. The molecule has 2 rings (SSSR count). The second-order valence-corrected chi connectivity index (χ2v) is 6.19. The minimum Gasteiger partial charge on any atom is -0.507 e.